The summed E-state index contributed by atoms with van der Waals surface area (Å²) in [6.45, 7) is 3.64. The molecule has 28 heavy (non-hydrogen) atoms. The third-order valence-electron chi connectivity index (χ3n) is 3.98. The van der Waals surface area contributed by atoms with Gasteiger partial charge in [0.1, 0.15) is 0 Å². The third kappa shape index (κ3) is 5.41. The normalized spacial score (nSPS) is 12.0. The Morgan fingerprint density at radius 1 is 1.14 bits per heavy atom. The molecule has 0 aliphatic carbocycles. The molecule has 1 unspecified atom stereocenters. The van der Waals surface area contributed by atoms with Crippen LogP contribution in [0.4, 0.5) is 5.13 Å². The van der Waals surface area contributed by atoms with E-state index in [1.54, 1.807) is 16.7 Å². The molecule has 146 valence electrons. The summed E-state index contributed by atoms with van der Waals surface area (Å²) in [6.07, 6.45) is 0.142. The number of thiophene rings is 1. The van der Waals surface area contributed by atoms with Crippen molar-refractivity contribution in [1.29, 1.82) is 0 Å². The van der Waals surface area contributed by atoms with Gasteiger partial charge in [-0.3, -0.25) is 9.59 Å². The maximum absolute atomic E-state index is 12.6. The molecule has 1 atom stereocenters. The highest BCUT2D eigenvalue weighted by molar-refractivity contribution is 7.14. The van der Waals surface area contributed by atoms with E-state index >= 15 is 0 Å². The average Bonchev–Trinajstić information content (AvgIpc) is 3.33. The second kappa shape index (κ2) is 9.32. The van der Waals surface area contributed by atoms with Crippen LogP contribution in [-0.2, 0) is 16.0 Å². The van der Waals surface area contributed by atoms with Crippen LogP contribution in [0, 0.1) is 5.92 Å². The molecule has 3 aromatic rings. The molecule has 2 heterocycles. The SMILES string of the molecule is CC(C)C(=O)Nc1nc(CC(=O)NC(c2ccc(Cl)cc2)c2cccs2)cs1. The zero-order valence-corrected chi connectivity index (χ0v) is 17.8. The lowest BCUT2D eigenvalue weighted by atomic mass is 10.1. The van der Waals surface area contributed by atoms with Crippen molar-refractivity contribution in [3.63, 3.8) is 0 Å². The van der Waals surface area contributed by atoms with Crippen molar-refractivity contribution >= 4 is 51.2 Å². The molecule has 0 fully saturated rings. The van der Waals surface area contributed by atoms with Crippen molar-refractivity contribution in [3.05, 3.63) is 68.3 Å². The van der Waals surface area contributed by atoms with E-state index in [-0.39, 0.29) is 30.2 Å². The van der Waals surface area contributed by atoms with Gasteiger partial charge >= 0.3 is 0 Å². The largest absolute Gasteiger partial charge is 0.344 e. The topological polar surface area (TPSA) is 71.1 Å². The fraction of sp³-hybridized carbons (Fsp3) is 0.250. The second-order valence-electron chi connectivity index (χ2n) is 6.53. The minimum absolute atomic E-state index is 0.0918. The first kappa shape index (κ1) is 20.5. The maximum Gasteiger partial charge on any atom is 0.228 e. The Morgan fingerprint density at radius 3 is 2.54 bits per heavy atom. The molecule has 0 bridgehead atoms. The summed E-state index contributed by atoms with van der Waals surface area (Å²) in [5.74, 6) is -0.354. The number of hydrogen-bond acceptors (Lipinski definition) is 5. The Balaban J connectivity index is 1.68. The number of benzene rings is 1. The van der Waals surface area contributed by atoms with E-state index in [1.165, 1.54) is 11.3 Å². The zero-order chi connectivity index (χ0) is 20.1. The number of aromatic nitrogens is 1. The predicted octanol–water partition coefficient (Wildman–Crippen LogP) is 4.90. The standard InChI is InChI=1S/C20H20ClN3O2S2/c1-12(2)19(26)24-20-22-15(11-28-20)10-17(25)23-18(16-4-3-9-27-16)13-5-7-14(21)8-6-13/h3-9,11-12,18H,10H2,1-2H3,(H,23,25)(H,22,24,26). The number of nitrogens with zero attached hydrogens (tertiary/aromatic N) is 1. The second-order valence-corrected chi connectivity index (χ2v) is 8.81. The molecule has 0 saturated carbocycles. The first-order valence-electron chi connectivity index (χ1n) is 8.76. The summed E-state index contributed by atoms with van der Waals surface area (Å²) in [7, 11) is 0. The van der Waals surface area contributed by atoms with Gasteiger partial charge in [0.05, 0.1) is 18.2 Å². The molecule has 0 aliphatic rings. The van der Waals surface area contributed by atoms with E-state index in [4.69, 9.17) is 11.6 Å². The van der Waals surface area contributed by atoms with Crippen LogP contribution in [0.3, 0.4) is 0 Å². The van der Waals surface area contributed by atoms with Gasteiger partial charge in [-0.1, -0.05) is 43.6 Å². The highest BCUT2D eigenvalue weighted by Crippen LogP contribution is 2.27. The van der Waals surface area contributed by atoms with Gasteiger partial charge in [0, 0.05) is 21.2 Å². The molecule has 5 nitrogen and oxygen atoms in total. The Bertz CT molecular complexity index is 937. The van der Waals surface area contributed by atoms with Crippen LogP contribution in [0.5, 0.6) is 0 Å². The smallest absolute Gasteiger partial charge is 0.228 e. The number of anilines is 1. The molecular formula is C20H20ClN3O2S2. The van der Waals surface area contributed by atoms with Gasteiger partial charge in [-0.15, -0.1) is 22.7 Å². The van der Waals surface area contributed by atoms with Crippen molar-refractivity contribution in [2.24, 2.45) is 5.92 Å². The lowest BCUT2D eigenvalue weighted by Gasteiger charge is -2.18. The molecule has 2 N–H and O–H groups in total. The van der Waals surface area contributed by atoms with Crippen LogP contribution in [-0.4, -0.2) is 16.8 Å². The van der Waals surface area contributed by atoms with Crippen LogP contribution >= 0.6 is 34.3 Å². The van der Waals surface area contributed by atoms with Gasteiger partial charge in [-0.25, -0.2) is 4.98 Å². The van der Waals surface area contributed by atoms with Gasteiger partial charge in [-0.2, -0.15) is 0 Å². The Morgan fingerprint density at radius 2 is 1.89 bits per heavy atom. The van der Waals surface area contributed by atoms with Gasteiger partial charge < -0.3 is 10.6 Å². The Labute approximate surface area is 176 Å². The average molecular weight is 434 g/mol. The van der Waals surface area contributed by atoms with Crippen LogP contribution < -0.4 is 10.6 Å². The molecule has 1 aromatic carbocycles. The monoisotopic (exact) mass is 433 g/mol. The number of amides is 2. The van der Waals surface area contributed by atoms with Crippen molar-refractivity contribution in [2.75, 3.05) is 5.32 Å². The number of thiazole rings is 1. The third-order valence-corrected chi connectivity index (χ3v) is 5.98. The summed E-state index contributed by atoms with van der Waals surface area (Å²) >= 11 is 8.89. The summed E-state index contributed by atoms with van der Waals surface area (Å²) in [5.41, 5.74) is 1.59. The number of nitrogens with one attached hydrogen (secondary N) is 2. The van der Waals surface area contributed by atoms with E-state index in [0.29, 0.717) is 15.8 Å². The molecule has 2 aromatic heterocycles. The molecular weight excluding hydrogens is 414 g/mol. The fourth-order valence-electron chi connectivity index (χ4n) is 2.50. The summed E-state index contributed by atoms with van der Waals surface area (Å²) in [4.78, 5) is 29.8. The van der Waals surface area contributed by atoms with E-state index in [1.807, 2.05) is 55.6 Å². The van der Waals surface area contributed by atoms with E-state index in [0.717, 1.165) is 10.4 Å². The van der Waals surface area contributed by atoms with Gasteiger partial charge in [0.25, 0.3) is 0 Å². The summed E-state index contributed by atoms with van der Waals surface area (Å²) < 4.78 is 0. The summed E-state index contributed by atoms with van der Waals surface area (Å²) in [6, 6.07) is 11.2. The molecule has 2 amide bonds. The van der Waals surface area contributed by atoms with Crippen molar-refractivity contribution in [1.82, 2.24) is 10.3 Å². The van der Waals surface area contributed by atoms with Crippen LogP contribution in [0.25, 0.3) is 0 Å². The Kier molecular flexibility index (Phi) is 6.83. The lowest BCUT2D eigenvalue weighted by Crippen LogP contribution is -2.30. The van der Waals surface area contributed by atoms with E-state index in [2.05, 4.69) is 15.6 Å². The van der Waals surface area contributed by atoms with E-state index < -0.39 is 0 Å². The fourth-order valence-corrected chi connectivity index (χ4v) is 4.14. The summed E-state index contributed by atoms with van der Waals surface area (Å²) in [5, 5.41) is 10.8. The minimum atomic E-state index is -0.247. The van der Waals surface area contributed by atoms with Gasteiger partial charge in [0.2, 0.25) is 11.8 Å². The molecule has 3 rings (SSSR count). The highest BCUT2D eigenvalue weighted by atomic mass is 35.5. The Hall–Kier alpha value is -2.22. The first-order valence-corrected chi connectivity index (χ1v) is 10.9. The van der Waals surface area contributed by atoms with Gasteiger partial charge in [0.15, 0.2) is 5.13 Å². The predicted molar refractivity (Wildman–Crippen MR) is 115 cm³/mol. The number of carbonyl (C=O) groups excluding carboxylic acids is 2. The van der Waals surface area contributed by atoms with Crippen LogP contribution in [0.15, 0.2) is 47.2 Å². The molecule has 8 heteroatoms. The number of hydrogen-bond donors (Lipinski definition) is 2. The van der Waals surface area contributed by atoms with Crippen molar-refractivity contribution < 1.29 is 9.59 Å². The zero-order valence-electron chi connectivity index (χ0n) is 15.4. The number of rotatable bonds is 7. The molecule has 0 aliphatic heterocycles. The quantitative estimate of drug-likeness (QED) is 0.556. The van der Waals surface area contributed by atoms with Crippen LogP contribution in [0.1, 0.15) is 36.0 Å². The van der Waals surface area contributed by atoms with Crippen molar-refractivity contribution in [2.45, 2.75) is 26.3 Å². The van der Waals surface area contributed by atoms with Gasteiger partial charge in [-0.05, 0) is 29.1 Å². The molecule has 0 spiro atoms. The number of halogens is 1. The maximum atomic E-state index is 12.6. The lowest BCUT2D eigenvalue weighted by molar-refractivity contribution is -0.121. The molecule has 0 radical (unpaired) electrons. The van der Waals surface area contributed by atoms with Crippen LogP contribution in [0.2, 0.25) is 5.02 Å². The van der Waals surface area contributed by atoms with E-state index in [9.17, 15) is 9.59 Å². The number of carbonyl (C=O) groups is 2. The highest BCUT2D eigenvalue weighted by Gasteiger charge is 2.19. The van der Waals surface area contributed by atoms with Crippen molar-refractivity contribution in [3.8, 4) is 0 Å². The minimum Gasteiger partial charge on any atom is -0.344 e. The first-order chi connectivity index (χ1) is 13.4. The molecule has 0 saturated heterocycles.